The van der Waals surface area contributed by atoms with Gasteiger partial charge in [-0.15, -0.1) is 0 Å². The van der Waals surface area contributed by atoms with Crippen molar-refractivity contribution < 1.29 is 35.5 Å². The Kier molecular flexibility index (Phi) is 6.94. The van der Waals surface area contributed by atoms with Gasteiger partial charge in [0.15, 0.2) is 0 Å². The van der Waals surface area contributed by atoms with E-state index in [1.807, 2.05) is 6.92 Å². The number of sulfonamides is 1. The summed E-state index contributed by atoms with van der Waals surface area (Å²) in [5, 5.41) is 7.40. The number of hydrogen-bond acceptors (Lipinski definition) is 8. The second-order valence-corrected chi connectivity index (χ2v) is 9.67. The zero-order valence-corrected chi connectivity index (χ0v) is 20.3. The molecule has 0 radical (unpaired) electrons. The average Bonchev–Trinajstić information content (AvgIpc) is 3.24. The van der Waals surface area contributed by atoms with Gasteiger partial charge in [0, 0.05) is 18.8 Å². The van der Waals surface area contributed by atoms with Crippen LogP contribution in [0.5, 0.6) is 5.88 Å². The molecule has 3 aromatic rings. The molecule has 198 valence electrons. The number of carbonyl (C=O) groups excluding carboxylic acids is 1. The van der Waals surface area contributed by atoms with Crippen molar-refractivity contribution >= 4 is 33.7 Å². The summed E-state index contributed by atoms with van der Waals surface area (Å²) in [4.78, 5) is 21.5. The van der Waals surface area contributed by atoms with E-state index in [2.05, 4.69) is 20.4 Å². The molecule has 0 aliphatic carbocycles. The number of fused-ring (bicyclic) bond motifs is 1. The number of halogens is 4. The summed E-state index contributed by atoms with van der Waals surface area (Å²) in [7, 11) is -4.11. The fraction of sp³-hybridized carbons (Fsp3) is 0.333. The van der Waals surface area contributed by atoms with E-state index in [1.54, 1.807) is 12.3 Å². The van der Waals surface area contributed by atoms with Crippen molar-refractivity contribution in [2.24, 2.45) is 5.10 Å². The number of ether oxygens (including phenoxy) is 1. The van der Waals surface area contributed by atoms with Crippen LogP contribution in [0, 0.1) is 5.82 Å². The molecule has 4 rings (SSSR count). The highest BCUT2D eigenvalue weighted by Crippen LogP contribution is 2.28. The van der Waals surface area contributed by atoms with Gasteiger partial charge in [-0.1, -0.05) is 13.0 Å². The third kappa shape index (κ3) is 5.00. The maximum atomic E-state index is 14.8. The molecule has 1 aliphatic rings. The van der Waals surface area contributed by atoms with Crippen LogP contribution in [0.4, 0.5) is 23.2 Å². The number of methoxy groups -OCH3 is 1. The van der Waals surface area contributed by atoms with E-state index >= 15 is 0 Å². The smallest absolute Gasteiger partial charge is 0.481 e. The lowest BCUT2D eigenvalue weighted by Gasteiger charge is -2.29. The van der Waals surface area contributed by atoms with Crippen molar-refractivity contribution in [1.82, 2.24) is 24.0 Å². The summed E-state index contributed by atoms with van der Waals surface area (Å²) in [5.74, 6) is -0.570. The van der Waals surface area contributed by atoms with Crippen LogP contribution in [0.15, 0.2) is 35.6 Å². The highest BCUT2D eigenvalue weighted by molar-refractivity contribution is 7.90. The normalized spacial score (nSPS) is 14.3. The summed E-state index contributed by atoms with van der Waals surface area (Å²) in [6, 6.07) is 5.57. The molecule has 1 aliphatic heterocycles. The molecule has 0 saturated heterocycles. The van der Waals surface area contributed by atoms with E-state index in [0.29, 0.717) is 35.7 Å². The number of carbonyl (C=O) groups is 1. The third-order valence-corrected chi connectivity index (χ3v) is 6.98. The van der Waals surface area contributed by atoms with Crippen molar-refractivity contribution in [2.45, 2.75) is 25.4 Å². The van der Waals surface area contributed by atoms with Gasteiger partial charge in [0.25, 0.3) is 5.91 Å². The van der Waals surface area contributed by atoms with Crippen LogP contribution in [0.25, 0.3) is 5.78 Å². The number of amides is 1. The molecule has 1 N–H and O–H groups in total. The number of aromatic nitrogens is 3. The minimum atomic E-state index is -5.57. The number of hydrogen-bond donors (Lipinski definition) is 1. The first-order valence-electron chi connectivity index (χ1n) is 10.8. The van der Waals surface area contributed by atoms with E-state index in [9.17, 15) is 30.8 Å². The molecule has 16 heteroatoms. The SMILES string of the molecule is CCc1nc2nc(OC)ccn2c1C(=O)NCc1ccc(N2CCN(S(=O)(=O)C(F)(F)F)C=N2)c(F)c1. The van der Waals surface area contributed by atoms with Crippen LogP contribution in [-0.4, -0.2) is 65.0 Å². The van der Waals surface area contributed by atoms with Gasteiger partial charge >= 0.3 is 15.5 Å². The van der Waals surface area contributed by atoms with Gasteiger partial charge in [0.2, 0.25) is 11.7 Å². The van der Waals surface area contributed by atoms with Gasteiger partial charge in [-0.05, 0) is 24.1 Å². The molecule has 2 aromatic heterocycles. The molecule has 37 heavy (non-hydrogen) atoms. The van der Waals surface area contributed by atoms with Gasteiger partial charge in [-0.2, -0.15) is 31.7 Å². The quantitative estimate of drug-likeness (QED) is 0.454. The van der Waals surface area contributed by atoms with E-state index in [-0.39, 0.29) is 28.8 Å². The highest BCUT2D eigenvalue weighted by atomic mass is 32.2. The fourth-order valence-electron chi connectivity index (χ4n) is 3.62. The predicted molar refractivity (Wildman–Crippen MR) is 124 cm³/mol. The predicted octanol–water partition coefficient (Wildman–Crippen LogP) is 2.28. The summed E-state index contributed by atoms with van der Waals surface area (Å²) >= 11 is 0. The monoisotopic (exact) mass is 543 g/mol. The number of nitrogens with zero attached hydrogens (tertiary/aromatic N) is 6. The Morgan fingerprint density at radius 3 is 2.54 bits per heavy atom. The zero-order chi connectivity index (χ0) is 27.0. The second kappa shape index (κ2) is 9.84. The average molecular weight is 544 g/mol. The number of anilines is 1. The Hall–Kier alpha value is -3.95. The van der Waals surface area contributed by atoms with Crippen LogP contribution in [0.2, 0.25) is 0 Å². The summed E-state index contributed by atoms with van der Waals surface area (Å²) in [6.45, 7) is 0.940. The van der Waals surface area contributed by atoms with Crippen LogP contribution in [-0.2, 0) is 23.0 Å². The van der Waals surface area contributed by atoms with Crippen molar-refractivity contribution in [3.8, 4) is 5.88 Å². The summed E-state index contributed by atoms with van der Waals surface area (Å²) in [6.07, 6.45) is 2.57. The zero-order valence-electron chi connectivity index (χ0n) is 19.5. The molecule has 0 fully saturated rings. The van der Waals surface area contributed by atoms with Crippen molar-refractivity contribution in [3.63, 3.8) is 0 Å². The van der Waals surface area contributed by atoms with E-state index in [1.165, 1.54) is 23.6 Å². The van der Waals surface area contributed by atoms with Gasteiger partial charge in [-0.3, -0.25) is 14.2 Å². The lowest BCUT2D eigenvalue weighted by molar-refractivity contribution is -0.0471. The first-order valence-corrected chi connectivity index (χ1v) is 12.3. The third-order valence-electron chi connectivity index (χ3n) is 5.50. The molecule has 0 atom stereocenters. The first-order chi connectivity index (χ1) is 17.5. The number of hydrazone groups is 1. The van der Waals surface area contributed by atoms with Crippen molar-refractivity contribution in [3.05, 3.63) is 53.2 Å². The molecular weight excluding hydrogens is 522 g/mol. The summed E-state index contributed by atoms with van der Waals surface area (Å²) < 4.78 is 82.5. The van der Waals surface area contributed by atoms with Crippen LogP contribution >= 0.6 is 0 Å². The Labute approximate surface area is 208 Å². The molecule has 1 aromatic carbocycles. The van der Waals surface area contributed by atoms with Crippen molar-refractivity contribution in [1.29, 1.82) is 0 Å². The molecular formula is C21H21F4N7O4S. The largest absolute Gasteiger partial charge is 0.516 e. The Morgan fingerprint density at radius 2 is 1.95 bits per heavy atom. The molecule has 11 nitrogen and oxygen atoms in total. The Bertz CT molecular complexity index is 1470. The van der Waals surface area contributed by atoms with Crippen molar-refractivity contribution in [2.75, 3.05) is 25.2 Å². The molecule has 0 bridgehead atoms. The number of nitrogens with one attached hydrogen (secondary N) is 1. The van der Waals surface area contributed by atoms with Gasteiger partial charge in [0.1, 0.15) is 17.8 Å². The molecule has 0 saturated carbocycles. The van der Waals surface area contributed by atoms with E-state index < -0.39 is 33.8 Å². The van der Waals surface area contributed by atoms with Crippen LogP contribution < -0.4 is 15.1 Å². The number of alkyl halides is 3. The number of rotatable bonds is 7. The van der Waals surface area contributed by atoms with E-state index in [4.69, 9.17) is 4.74 Å². The maximum absolute atomic E-state index is 14.8. The Morgan fingerprint density at radius 1 is 1.19 bits per heavy atom. The number of imidazole rings is 1. The fourth-order valence-corrected chi connectivity index (χ4v) is 4.38. The molecule has 3 heterocycles. The topological polar surface area (TPSA) is 121 Å². The number of aryl methyl sites for hydroxylation is 1. The van der Waals surface area contributed by atoms with Gasteiger partial charge in [-0.25, -0.2) is 13.7 Å². The molecule has 1 amide bonds. The highest BCUT2D eigenvalue weighted by Gasteiger charge is 2.50. The summed E-state index contributed by atoms with van der Waals surface area (Å²) in [5.41, 5.74) is -4.33. The Balaban J connectivity index is 1.46. The maximum Gasteiger partial charge on any atom is 0.516 e. The second-order valence-electron chi connectivity index (χ2n) is 7.78. The lowest BCUT2D eigenvalue weighted by Crippen LogP contribution is -2.46. The van der Waals surface area contributed by atoms with Crippen LogP contribution in [0.3, 0.4) is 0 Å². The van der Waals surface area contributed by atoms with Gasteiger partial charge in [0.05, 0.1) is 31.6 Å². The van der Waals surface area contributed by atoms with Crippen LogP contribution in [0.1, 0.15) is 28.7 Å². The first kappa shape index (κ1) is 26.1. The van der Waals surface area contributed by atoms with Gasteiger partial charge < -0.3 is 10.1 Å². The minimum absolute atomic E-state index is 0.0309. The number of benzene rings is 1. The minimum Gasteiger partial charge on any atom is -0.481 e. The lowest BCUT2D eigenvalue weighted by atomic mass is 10.1. The molecule has 0 unspecified atom stereocenters. The molecule has 0 spiro atoms. The van der Waals surface area contributed by atoms with E-state index in [0.717, 1.165) is 11.1 Å². The standard InChI is InChI=1S/C21H21F4N7O4S/c1-3-15-18(31-7-6-17(36-2)29-20(31)28-15)19(33)26-11-13-4-5-16(14(22)10-13)32-9-8-30(12-27-32)37(34,35)21(23,24)25/h4-7,10,12H,3,8-9,11H2,1-2H3,(H,26,33).